The van der Waals surface area contributed by atoms with Crippen molar-refractivity contribution in [2.75, 3.05) is 0 Å². The van der Waals surface area contributed by atoms with Crippen LogP contribution in [-0.4, -0.2) is 15.8 Å². The number of carbonyl (C=O) groups excluding carboxylic acids is 1. The van der Waals surface area contributed by atoms with Gasteiger partial charge < -0.3 is 4.98 Å². The molecule has 82 valence electrons. The van der Waals surface area contributed by atoms with E-state index in [1.165, 1.54) is 25.7 Å². The Labute approximate surface area is 90.3 Å². The van der Waals surface area contributed by atoms with Gasteiger partial charge in [0, 0.05) is 18.8 Å². The van der Waals surface area contributed by atoms with Crippen molar-refractivity contribution in [1.82, 2.24) is 9.97 Å². The van der Waals surface area contributed by atoms with E-state index in [1.807, 2.05) is 0 Å². The molecule has 1 heterocycles. The minimum Gasteiger partial charge on any atom is -0.348 e. The van der Waals surface area contributed by atoms with Gasteiger partial charge in [0.25, 0.3) is 0 Å². The molecule has 0 aliphatic heterocycles. The summed E-state index contributed by atoms with van der Waals surface area (Å²) in [5.74, 6) is 1.92. The highest BCUT2D eigenvalue weighted by molar-refractivity contribution is 5.80. The topological polar surface area (TPSA) is 45.8 Å². The molecule has 1 aliphatic carbocycles. The quantitative estimate of drug-likeness (QED) is 0.804. The molecule has 1 aliphatic rings. The molecule has 0 radical (unpaired) electrons. The van der Waals surface area contributed by atoms with E-state index in [4.69, 9.17) is 0 Å². The van der Waals surface area contributed by atoms with E-state index in [-0.39, 0.29) is 0 Å². The van der Waals surface area contributed by atoms with Gasteiger partial charge in [-0.15, -0.1) is 0 Å². The molecule has 0 spiro atoms. The van der Waals surface area contributed by atoms with E-state index in [2.05, 4.69) is 9.97 Å². The number of rotatable bonds is 5. The van der Waals surface area contributed by atoms with Gasteiger partial charge in [0.05, 0.1) is 6.42 Å². The molecule has 0 saturated heterocycles. The summed E-state index contributed by atoms with van der Waals surface area (Å²) in [5, 5.41) is 0. The summed E-state index contributed by atoms with van der Waals surface area (Å²) >= 11 is 0. The summed E-state index contributed by atoms with van der Waals surface area (Å²) in [6.45, 7) is 0. The molecule has 1 fully saturated rings. The Kier molecular flexibility index (Phi) is 3.54. The Balaban J connectivity index is 1.68. The van der Waals surface area contributed by atoms with Gasteiger partial charge in [0.2, 0.25) is 0 Å². The number of imidazole rings is 1. The van der Waals surface area contributed by atoms with Crippen LogP contribution in [0.4, 0.5) is 0 Å². The molecule has 0 aromatic carbocycles. The smallest absolute Gasteiger partial charge is 0.140 e. The highest BCUT2D eigenvalue weighted by Crippen LogP contribution is 2.28. The minimum absolute atomic E-state index is 0.317. The fourth-order valence-electron chi connectivity index (χ4n) is 2.33. The Bertz CT molecular complexity index is 299. The predicted molar refractivity (Wildman–Crippen MR) is 58.5 cm³/mol. The molecule has 1 aromatic rings. The number of hydrogen-bond donors (Lipinski definition) is 1. The van der Waals surface area contributed by atoms with Crippen LogP contribution in [0.15, 0.2) is 12.4 Å². The van der Waals surface area contributed by atoms with E-state index in [0.717, 1.165) is 24.6 Å². The van der Waals surface area contributed by atoms with Crippen LogP contribution in [0.2, 0.25) is 0 Å². The normalized spacial score (nSPS) is 17.1. The highest BCUT2D eigenvalue weighted by atomic mass is 16.1. The maximum absolute atomic E-state index is 11.6. The van der Waals surface area contributed by atoms with Crippen LogP contribution in [0, 0.1) is 5.92 Å². The first kappa shape index (κ1) is 10.4. The predicted octanol–water partition coefficient (Wildman–Crippen LogP) is 2.49. The average Bonchev–Trinajstić information content (AvgIpc) is 2.86. The summed E-state index contributed by atoms with van der Waals surface area (Å²) in [5.41, 5.74) is 0. The molecular weight excluding hydrogens is 188 g/mol. The van der Waals surface area contributed by atoms with Crippen molar-refractivity contribution in [3.63, 3.8) is 0 Å². The van der Waals surface area contributed by atoms with Crippen LogP contribution < -0.4 is 0 Å². The molecule has 2 rings (SSSR count). The van der Waals surface area contributed by atoms with Crippen LogP contribution in [0.25, 0.3) is 0 Å². The summed E-state index contributed by atoms with van der Waals surface area (Å²) in [4.78, 5) is 18.6. The number of Topliss-reactive ketones (excluding diaryl/α,β-unsaturated/α-hetero) is 1. The second-order valence-corrected chi connectivity index (χ2v) is 4.44. The number of ketones is 1. The zero-order valence-corrected chi connectivity index (χ0v) is 9.04. The molecule has 3 heteroatoms. The molecule has 0 bridgehead atoms. The Morgan fingerprint density at radius 2 is 2.27 bits per heavy atom. The molecule has 0 atom stereocenters. The summed E-state index contributed by atoms with van der Waals surface area (Å²) in [6, 6.07) is 0. The summed E-state index contributed by atoms with van der Waals surface area (Å²) in [6.07, 6.45) is 11.1. The number of nitrogens with zero attached hydrogens (tertiary/aromatic N) is 1. The van der Waals surface area contributed by atoms with Crippen molar-refractivity contribution in [1.29, 1.82) is 0 Å². The third-order valence-electron chi connectivity index (χ3n) is 3.23. The second kappa shape index (κ2) is 5.10. The van der Waals surface area contributed by atoms with Gasteiger partial charge in [-0.3, -0.25) is 4.79 Å². The standard InChI is InChI=1S/C12H18N2O/c15-11(9-12-13-7-8-14-12)6-5-10-3-1-2-4-10/h7-8,10H,1-6,9H2,(H,13,14). The van der Waals surface area contributed by atoms with Gasteiger partial charge in [-0.2, -0.15) is 0 Å². The van der Waals surface area contributed by atoms with Gasteiger partial charge in [-0.1, -0.05) is 25.7 Å². The molecule has 0 amide bonds. The Hall–Kier alpha value is -1.12. The fraction of sp³-hybridized carbons (Fsp3) is 0.667. The molecular formula is C12H18N2O. The number of hydrogen-bond acceptors (Lipinski definition) is 2. The van der Waals surface area contributed by atoms with Gasteiger partial charge in [-0.05, 0) is 12.3 Å². The van der Waals surface area contributed by atoms with Crippen molar-refractivity contribution in [3.8, 4) is 0 Å². The molecule has 15 heavy (non-hydrogen) atoms. The van der Waals surface area contributed by atoms with Crippen molar-refractivity contribution < 1.29 is 4.79 Å². The first-order valence-electron chi connectivity index (χ1n) is 5.84. The first-order valence-corrected chi connectivity index (χ1v) is 5.84. The maximum Gasteiger partial charge on any atom is 0.140 e. The molecule has 1 N–H and O–H groups in total. The zero-order chi connectivity index (χ0) is 10.5. The van der Waals surface area contributed by atoms with E-state index in [9.17, 15) is 4.79 Å². The molecule has 1 aromatic heterocycles. The first-order chi connectivity index (χ1) is 7.34. The van der Waals surface area contributed by atoms with Crippen LogP contribution >= 0.6 is 0 Å². The lowest BCUT2D eigenvalue weighted by Gasteiger charge is -2.06. The van der Waals surface area contributed by atoms with Crippen LogP contribution in [0.3, 0.4) is 0 Å². The van der Waals surface area contributed by atoms with E-state index in [0.29, 0.717) is 12.2 Å². The third kappa shape index (κ3) is 3.18. The van der Waals surface area contributed by atoms with Crippen molar-refractivity contribution in [2.24, 2.45) is 5.92 Å². The number of H-pyrrole nitrogens is 1. The van der Waals surface area contributed by atoms with Gasteiger partial charge in [0.15, 0.2) is 0 Å². The third-order valence-corrected chi connectivity index (χ3v) is 3.23. The number of aromatic amines is 1. The van der Waals surface area contributed by atoms with Crippen LogP contribution in [-0.2, 0) is 11.2 Å². The SMILES string of the molecule is O=C(CCC1CCCC1)Cc1ncc[nH]1. The monoisotopic (exact) mass is 206 g/mol. The minimum atomic E-state index is 0.317. The second-order valence-electron chi connectivity index (χ2n) is 4.44. The Morgan fingerprint density at radius 3 is 2.93 bits per heavy atom. The molecule has 3 nitrogen and oxygen atoms in total. The maximum atomic E-state index is 11.6. The van der Waals surface area contributed by atoms with E-state index < -0.39 is 0 Å². The van der Waals surface area contributed by atoms with Gasteiger partial charge in [-0.25, -0.2) is 4.98 Å². The van der Waals surface area contributed by atoms with Crippen molar-refractivity contribution in [2.45, 2.75) is 44.9 Å². The lowest BCUT2D eigenvalue weighted by atomic mass is 9.99. The van der Waals surface area contributed by atoms with Crippen LogP contribution in [0.1, 0.15) is 44.3 Å². The number of nitrogens with one attached hydrogen (secondary N) is 1. The van der Waals surface area contributed by atoms with Crippen LogP contribution in [0.5, 0.6) is 0 Å². The average molecular weight is 206 g/mol. The van der Waals surface area contributed by atoms with E-state index >= 15 is 0 Å². The molecule has 1 saturated carbocycles. The highest BCUT2D eigenvalue weighted by Gasteiger charge is 2.16. The zero-order valence-electron chi connectivity index (χ0n) is 9.04. The van der Waals surface area contributed by atoms with Gasteiger partial charge in [0.1, 0.15) is 11.6 Å². The largest absolute Gasteiger partial charge is 0.348 e. The van der Waals surface area contributed by atoms with Crippen molar-refractivity contribution >= 4 is 5.78 Å². The Morgan fingerprint density at radius 1 is 1.47 bits per heavy atom. The number of carbonyl (C=O) groups is 1. The molecule has 0 unspecified atom stereocenters. The lowest BCUT2D eigenvalue weighted by Crippen LogP contribution is -2.06. The summed E-state index contributed by atoms with van der Waals surface area (Å²) < 4.78 is 0. The summed E-state index contributed by atoms with van der Waals surface area (Å²) in [7, 11) is 0. The van der Waals surface area contributed by atoms with E-state index in [1.54, 1.807) is 12.4 Å². The number of aromatic nitrogens is 2. The van der Waals surface area contributed by atoms with Gasteiger partial charge >= 0.3 is 0 Å². The fourth-order valence-corrected chi connectivity index (χ4v) is 2.33. The van der Waals surface area contributed by atoms with Crippen molar-refractivity contribution in [3.05, 3.63) is 18.2 Å². The lowest BCUT2D eigenvalue weighted by molar-refractivity contribution is -0.118.